The van der Waals surface area contributed by atoms with Gasteiger partial charge >= 0.3 is 0 Å². The number of thioether (sulfide) groups is 1. The minimum atomic E-state index is 0.176. The van der Waals surface area contributed by atoms with Gasteiger partial charge < -0.3 is 15.5 Å². The molecule has 5 heteroatoms. The summed E-state index contributed by atoms with van der Waals surface area (Å²) >= 11 is 2.05. The molecule has 0 amide bonds. The summed E-state index contributed by atoms with van der Waals surface area (Å²) in [6, 6.07) is 0. The molecule has 1 saturated heterocycles. The van der Waals surface area contributed by atoms with Crippen LogP contribution in [0.4, 0.5) is 0 Å². The van der Waals surface area contributed by atoms with Crippen LogP contribution >= 0.6 is 11.8 Å². The normalized spacial score (nSPS) is 20.5. The Morgan fingerprint density at radius 2 is 2.00 bits per heavy atom. The van der Waals surface area contributed by atoms with Crippen molar-refractivity contribution in [3.8, 4) is 0 Å². The van der Waals surface area contributed by atoms with Crippen molar-refractivity contribution in [2.75, 3.05) is 39.0 Å². The lowest BCUT2D eigenvalue weighted by Gasteiger charge is -2.39. The third-order valence-corrected chi connectivity index (χ3v) is 4.30. The van der Waals surface area contributed by atoms with Gasteiger partial charge in [0, 0.05) is 49.3 Å². The molecular formula is C14H30N4S. The molecule has 0 unspecified atom stereocenters. The average molecular weight is 286 g/mol. The summed E-state index contributed by atoms with van der Waals surface area (Å²) in [4.78, 5) is 6.77. The molecule has 1 heterocycles. The van der Waals surface area contributed by atoms with Gasteiger partial charge in [-0.25, -0.2) is 0 Å². The molecule has 1 rings (SSSR count). The molecule has 112 valence electrons. The number of hydrogen-bond acceptors (Lipinski definition) is 3. The smallest absolute Gasteiger partial charge is 0.193 e. The summed E-state index contributed by atoms with van der Waals surface area (Å²) in [7, 11) is 1.87. The molecule has 0 aliphatic carbocycles. The van der Waals surface area contributed by atoms with Crippen molar-refractivity contribution < 1.29 is 0 Å². The van der Waals surface area contributed by atoms with Gasteiger partial charge in [-0.15, -0.1) is 0 Å². The lowest BCUT2D eigenvalue weighted by molar-refractivity contribution is 0.372. The van der Waals surface area contributed by atoms with Crippen LogP contribution in [0.3, 0.4) is 0 Å². The van der Waals surface area contributed by atoms with Crippen LogP contribution in [0.25, 0.3) is 0 Å². The van der Waals surface area contributed by atoms with Gasteiger partial charge in [0.25, 0.3) is 0 Å². The molecular weight excluding hydrogens is 256 g/mol. The predicted octanol–water partition coefficient (Wildman–Crippen LogP) is 1.78. The lowest BCUT2D eigenvalue weighted by atomic mass is 10.1. The Labute approximate surface area is 122 Å². The molecule has 0 aromatic heterocycles. The topological polar surface area (TPSA) is 39.7 Å². The molecule has 1 fully saturated rings. The number of hydrogen-bond donors (Lipinski definition) is 2. The molecule has 0 bridgehead atoms. The van der Waals surface area contributed by atoms with Gasteiger partial charge in [-0.05, 0) is 34.6 Å². The van der Waals surface area contributed by atoms with Crippen molar-refractivity contribution in [2.45, 2.75) is 44.9 Å². The first-order chi connectivity index (χ1) is 8.73. The van der Waals surface area contributed by atoms with Crippen LogP contribution in [0, 0.1) is 0 Å². The summed E-state index contributed by atoms with van der Waals surface area (Å²) in [5, 5.41) is 6.93. The SMILES string of the molecule is CN=C(NCCNC(C)(C)C)N1CCSC(C)(C)C1. The van der Waals surface area contributed by atoms with Gasteiger partial charge in [-0.2, -0.15) is 11.8 Å². The van der Waals surface area contributed by atoms with E-state index in [1.807, 2.05) is 18.8 Å². The summed E-state index contributed by atoms with van der Waals surface area (Å²) in [5.41, 5.74) is 0.176. The van der Waals surface area contributed by atoms with Gasteiger partial charge in [0.15, 0.2) is 5.96 Å². The second-order valence-corrected chi connectivity index (χ2v) is 8.48. The quantitative estimate of drug-likeness (QED) is 0.471. The van der Waals surface area contributed by atoms with Gasteiger partial charge in [-0.1, -0.05) is 0 Å². The molecule has 0 spiro atoms. The standard InChI is InChI=1S/C14H30N4S/c1-13(2,3)17-8-7-16-12(15-6)18-9-10-19-14(4,5)11-18/h17H,7-11H2,1-6H3,(H,15,16). The van der Waals surface area contributed by atoms with E-state index in [2.05, 4.69) is 55.1 Å². The van der Waals surface area contributed by atoms with Crippen LogP contribution < -0.4 is 10.6 Å². The molecule has 1 aliphatic heterocycles. The number of aliphatic imine (C=N–C) groups is 1. The Hall–Kier alpha value is -0.420. The second-order valence-electron chi connectivity index (χ2n) is 6.68. The Kier molecular flexibility index (Phi) is 5.99. The summed E-state index contributed by atoms with van der Waals surface area (Å²) in [6.07, 6.45) is 0. The molecule has 19 heavy (non-hydrogen) atoms. The highest BCUT2D eigenvalue weighted by Crippen LogP contribution is 2.29. The largest absolute Gasteiger partial charge is 0.355 e. The Morgan fingerprint density at radius 1 is 1.32 bits per heavy atom. The van der Waals surface area contributed by atoms with Gasteiger partial charge in [0.1, 0.15) is 0 Å². The Bertz CT molecular complexity index is 307. The fourth-order valence-electron chi connectivity index (χ4n) is 2.14. The highest BCUT2D eigenvalue weighted by Gasteiger charge is 2.28. The van der Waals surface area contributed by atoms with Gasteiger partial charge in [0.05, 0.1) is 0 Å². The molecule has 0 aromatic carbocycles. The predicted molar refractivity (Wildman–Crippen MR) is 87.2 cm³/mol. The summed E-state index contributed by atoms with van der Waals surface area (Å²) < 4.78 is 0.319. The van der Waals surface area contributed by atoms with Crippen LogP contribution in [0.2, 0.25) is 0 Å². The van der Waals surface area contributed by atoms with E-state index in [0.717, 1.165) is 32.1 Å². The first-order valence-corrected chi connectivity index (χ1v) is 8.07. The highest BCUT2D eigenvalue weighted by atomic mass is 32.2. The van der Waals surface area contributed by atoms with Crippen molar-refractivity contribution in [2.24, 2.45) is 4.99 Å². The zero-order valence-corrected chi connectivity index (χ0v) is 14.2. The Morgan fingerprint density at radius 3 is 2.53 bits per heavy atom. The lowest BCUT2D eigenvalue weighted by Crippen LogP contribution is -2.52. The van der Waals surface area contributed by atoms with Gasteiger partial charge in [0.2, 0.25) is 0 Å². The average Bonchev–Trinajstić information content (AvgIpc) is 2.26. The first-order valence-electron chi connectivity index (χ1n) is 7.08. The van der Waals surface area contributed by atoms with E-state index in [-0.39, 0.29) is 5.54 Å². The summed E-state index contributed by atoms with van der Waals surface area (Å²) in [6.45, 7) is 15.2. The minimum absolute atomic E-state index is 0.176. The monoisotopic (exact) mass is 286 g/mol. The number of nitrogens with one attached hydrogen (secondary N) is 2. The summed E-state index contributed by atoms with van der Waals surface area (Å²) in [5.74, 6) is 2.21. The van der Waals surface area contributed by atoms with Crippen LogP contribution in [-0.2, 0) is 0 Å². The van der Waals surface area contributed by atoms with E-state index in [1.165, 1.54) is 5.75 Å². The maximum atomic E-state index is 4.41. The zero-order chi connectivity index (χ0) is 14.5. The van der Waals surface area contributed by atoms with E-state index in [9.17, 15) is 0 Å². The van der Waals surface area contributed by atoms with Crippen LogP contribution in [0.15, 0.2) is 4.99 Å². The maximum Gasteiger partial charge on any atom is 0.193 e. The molecule has 4 nitrogen and oxygen atoms in total. The first kappa shape index (κ1) is 16.6. The molecule has 2 N–H and O–H groups in total. The van der Waals surface area contributed by atoms with E-state index >= 15 is 0 Å². The van der Waals surface area contributed by atoms with Crippen molar-refractivity contribution in [1.82, 2.24) is 15.5 Å². The third kappa shape index (κ3) is 6.52. The van der Waals surface area contributed by atoms with E-state index in [4.69, 9.17) is 0 Å². The molecule has 1 aliphatic rings. The number of nitrogens with zero attached hydrogens (tertiary/aromatic N) is 2. The molecule has 0 aromatic rings. The van der Waals surface area contributed by atoms with E-state index < -0.39 is 0 Å². The van der Waals surface area contributed by atoms with Crippen molar-refractivity contribution >= 4 is 17.7 Å². The Balaban J connectivity index is 2.38. The maximum absolute atomic E-state index is 4.41. The van der Waals surface area contributed by atoms with Crippen molar-refractivity contribution in [3.05, 3.63) is 0 Å². The van der Waals surface area contributed by atoms with Crippen LogP contribution in [0.5, 0.6) is 0 Å². The van der Waals surface area contributed by atoms with E-state index in [0.29, 0.717) is 4.75 Å². The highest BCUT2D eigenvalue weighted by molar-refractivity contribution is 8.00. The van der Waals surface area contributed by atoms with Crippen molar-refractivity contribution in [3.63, 3.8) is 0 Å². The third-order valence-electron chi connectivity index (χ3n) is 3.00. The number of rotatable bonds is 3. The molecule has 0 atom stereocenters. The second kappa shape index (κ2) is 6.84. The zero-order valence-electron chi connectivity index (χ0n) is 13.3. The number of guanidine groups is 1. The van der Waals surface area contributed by atoms with Crippen LogP contribution in [-0.4, -0.2) is 60.1 Å². The van der Waals surface area contributed by atoms with Crippen molar-refractivity contribution in [1.29, 1.82) is 0 Å². The molecule has 0 radical (unpaired) electrons. The fraction of sp³-hybridized carbons (Fsp3) is 0.929. The fourth-order valence-corrected chi connectivity index (χ4v) is 3.25. The molecule has 0 saturated carbocycles. The van der Waals surface area contributed by atoms with Gasteiger partial charge in [-0.3, -0.25) is 4.99 Å². The minimum Gasteiger partial charge on any atom is -0.355 e. The van der Waals surface area contributed by atoms with Crippen LogP contribution in [0.1, 0.15) is 34.6 Å². The van der Waals surface area contributed by atoms with E-state index in [1.54, 1.807) is 0 Å².